The first-order valence-corrected chi connectivity index (χ1v) is 11.8. The van der Waals surface area contributed by atoms with Gasteiger partial charge in [-0.3, -0.25) is 14.2 Å². The van der Waals surface area contributed by atoms with Crippen LogP contribution in [0.5, 0.6) is 0 Å². The molecule has 5 N–H and O–H groups in total. The van der Waals surface area contributed by atoms with Crippen molar-refractivity contribution in [3.63, 3.8) is 0 Å². The number of amides is 2. The standard InChI is InChI=1S/C22H25N7O6S/c1-24-20(32)17-15(30)16(31)22(35-17)29-11-25-14-18(23)26-13(27-19(14)29)6-3-7-28(8-9-34-2)21(33)12-5-4-10-36-12/h4-5,10-11,15-17,22,30-31H,7-9H2,1-2H3,(H,24,32)(H2,23,26,27)/t15?,16-,17+,22-/m1/s1. The molecule has 0 aromatic carbocycles. The molecule has 0 spiro atoms. The van der Waals surface area contributed by atoms with Crippen LogP contribution < -0.4 is 11.1 Å². The average Bonchev–Trinajstić information content (AvgIpc) is 3.61. The Balaban J connectivity index is 1.59. The minimum Gasteiger partial charge on any atom is -0.387 e. The largest absolute Gasteiger partial charge is 0.387 e. The number of ether oxygens (including phenoxy) is 2. The molecule has 3 aromatic heterocycles. The number of aromatic nitrogens is 4. The summed E-state index contributed by atoms with van der Waals surface area (Å²) in [6, 6.07) is 3.54. The number of methoxy groups -OCH3 is 1. The molecule has 1 unspecified atom stereocenters. The highest BCUT2D eigenvalue weighted by atomic mass is 32.1. The number of aliphatic hydroxyl groups is 2. The van der Waals surface area contributed by atoms with E-state index in [1.165, 1.54) is 29.3 Å². The summed E-state index contributed by atoms with van der Waals surface area (Å²) < 4.78 is 12.1. The maximum atomic E-state index is 12.8. The Labute approximate surface area is 209 Å². The molecule has 1 fully saturated rings. The number of nitrogen functional groups attached to an aromatic ring is 1. The fourth-order valence-electron chi connectivity index (χ4n) is 3.65. The number of hydrogen-bond acceptors (Lipinski definition) is 11. The number of nitrogens with one attached hydrogen (secondary N) is 1. The van der Waals surface area contributed by atoms with Crippen LogP contribution in [0.3, 0.4) is 0 Å². The molecule has 0 aliphatic carbocycles. The normalized spacial score (nSPS) is 21.2. The zero-order chi connectivity index (χ0) is 25.8. The number of thiophene rings is 1. The van der Waals surface area contributed by atoms with E-state index in [1.54, 1.807) is 24.1 Å². The van der Waals surface area contributed by atoms with Crippen LogP contribution in [0, 0.1) is 11.8 Å². The van der Waals surface area contributed by atoms with Crippen LogP contribution >= 0.6 is 11.3 Å². The maximum Gasteiger partial charge on any atom is 0.264 e. The summed E-state index contributed by atoms with van der Waals surface area (Å²) in [7, 11) is 2.95. The van der Waals surface area contributed by atoms with Crippen LogP contribution in [0.4, 0.5) is 5.82 Å². The number of nitrogens with zero attached hydrogens (tertiary/aromatic N) is 5. The second-order valence-corrected chi connectivity index (χ2v) is 8.75. The lowest BCUT2D eigenvalue weighted by molar-refractivity contribution is -0.137. The number of carbonyl (C=O) groups is 2. The van der Waals surface area contributed by atoms with Crippen molar-refractivity contribution in [1.29, 1.82) is 0 Å². The van der Waals surface area contributed by atoms with E-state index in [0.717, 1.165) is 0 Å². The van der Waals surface area contributed by atoms with E-state index >= 15 is 0 Å². The van der Waals surface area contributed by atoms with Crippen molar-refractivity contribution in [2.45, 2.75) is 24.5 Å². The molecule has 3 aromatic rings. The Morgan fingerprint density at radius 2 is 2.17 bits per heavy atom. The number of rotatable bonds is 7. The Morgan fingerprint density at radius 1 is 1.36 bits per heavy atom. The van der Waals surface area contributed by atoms with E-state index in [0.29, 0.717) is 18.0 Å². The third kappa shape index (κ3) is 5.01. The predicted octanol–water partition coefficient (Wildman–Crippen LogP) is -1.02. The van der Waals surface area contributed by atoms with E-state index in [9.17, 15) is 19.8 Å². The monoisotopic (exact) mass is 515 g/mol. The number of hydrogen-bond donors (Lipinski definition) is 4. The highest BCUT2D eigenvalue weighted by Crippen LogP contribution is 2.32. The number of carbonyl (C=O) groups excluding carboxylic acids is 2. The van der Waals surface area contributed by atoms with Gasteiger partial charge < -0.3 is 35.6 Å². The molecular formula is C22H25N7O6S. The van der Waals surface area contributed by atoms with Gasteiger partial charge in [0.25, 0.3) is 11.8 Å². The van der Waals surface area contributed by atoms with Crippen molar-refractivity contribution in [3.8, 4) is 11.8 Å². The highest BCUT2D eigenvalue weighted by Gasteiger charge is 2.47. The molecule has 13 nitrogen and oxygen atoms in total. The molecule has 4 heterocycles. The molecule has 1 saturated heterocycles. The molecule has 14 heteroatoms. The van der Waals surface area contributed by atoms with Crippen LogP contribution in [0.1, 0.15) is 21.7 Å². The van der Waals surface area contributed by atoms with E-state index in [1.807, 2.05) is 5.38 Å². The second kappa shape index (κ2) is 11.0. The molecule has 0 saturated carbocycles. The van der Waals surface area contributed by atoms with Gasteiger partial charge in [-0.15, -0.1) is 11.3 Å². The quantitative estimate of drug-likeness (QED) is 0.285. The van der Waals surface area contributed by atoms with Crippen molar-refractivity contribution in [2.24, 2.45) is 0 Å². The molecule has 4 atom stereocenters. The number of fused-ring (bicyclic) bond motifs is 1. The maximum absolute atomic E-state index is 12.8. The molecule has 0 bridgehead atoms. The summed E-state index contributed by atoms with van der Waals surface area (Å²) in [6.45, 7) is 0.799. The minimum atomic E-state index is -1.45. The Morgan fingerprint density at radius 3 is 2.86 bits per heavy atom. The number of nitrogens with two attached hydrogens (primary N) is 1. The number of aliphatic hydroxyl groups excluding tert-OH is 2. The summed E-state index contributed by atoms with van der Waals surface area (Å²) in [5.74, 6) is 5.06. The zero-order valence-corrected chi connectivity index (χ0v) is 20.3. The van der Waals surface area contributed by atoms with Crippen LogP contribution in [0.15, 0.2) is 23.8 Å². The number of imidazole rings is 1. The molecule has 1 aliphatic heterocycles. The third-order valence-corrected chi connectivity index (χ3v) is 6.38. The number of likely N-dealkylation sites (N-methyl/N-ethyl adjacent to an activating group) is 1. The van der Waals surface area contributed by atoms with Gasteiger partial charge in [-0.25, -0.2) is 15.0 Å². The molecule has 0 radical (unpaired) electrons. The van der Waals surface area contributed by atoms with Crippen molar-refractivity contribution in [2.75, 3.05) is 39.6 Å². The zero-order valence-electron chi connectivity index (χ0n) is 19.5. The van der Waals surface area contributed by atoms with Crippen molar-refractivity contribution in [3.05, 3.63) is 34.5 Å². The van der Waals surface area contributed by atoms with Crippen LogP contribution in [-0.4, -0.2) is 98.6 Å². The predicted molar refractivity (Wildman–Crippen MR) is 129 cm³/mol. The first kappa shape index (κ1) is 25.5. The van der Waals surface area contributed by atoms with Gasteiger partial charge in [-0.1, -0.05) is 12.0 Å². The van der Waals surface area contributed by atoms with Crippen molar-refractivity contribution >= 4 is 40.1 Å². The van der Waals surface area contributed by atoms with Gasteiger partial charge >= 0.3 is 0 Å². The van der Waals surface area contributed by atoms with E-state index < -0.39 is 30.4 Å². The van der Waals surface area contributed by atoms with Gasteiger partial charge in [0.1, 0.15) is 17.7 Å². The molecule has 2 amide bonds. The summed E-state index contributed by atoms with van der Waals surface area (Å²) >= 11 is 1.34. The van der Waals surface area contributed by atoms with Gasteiger partial charge in [0, 0.05) is 20.7 Å². The Bertz CT molecular complexity index is 1300. The molecule has 4 rings (SSSR count). The van der Waals surface area contributed by atoms with E-state index in [-0.39, 0.29) is 35.3 Å². The van der Waals surface area contributed by atoms with Crippen LogP contribution in [-0.2, 0) is 14.3 Å². The second-order valence-electron chi connectivity index (χ2n) is 7.80. The molecule has 36 heavy (non-hydrogen) atoms. The fourth-order valence-corrected chi connectivity index (χ4v) is 4.34. The van der Waals surface area contributed by atoms with Gasteiger partial charge in [0.05, 0.1) is 24.4 Å². The Kier molecular flexibility index (Phi) is 7.77. The average molecular weight is 516 g/mol. The van der Waals surface area contributed by atoms with Crippen molar-refractivity contribution < 1.29 is 29.3 Å². The summed E-state index contributed by atoms with van der Waals surface area (Å²) in [5.41, 5.74) is 6.49. The van der Waals surface area contributed by atoms with Gasteiger partial charge in [0.15, 0.2) is 23.8 Å². The van der Waals surface area contributed by atoms with Crippen molar-refractivity contribution in [1.82, 2.24) is 29.7 Å². The van der Waals surface area contributed by atoms with Crippen LogP contribution in [0.2, 0.25) is 0 Å². The minimum absolute atomic E-state index is 0.0461. The van der Waals surface area contributed by atoms with Gasteiger partial charge in [0.2, 0.25) is 5.82 Å². The summed E-state index contributed by atoms with van der Waals surface area (Å²) in [6.07, 6.45) is -3.97. The first-order chi connectivity index (χ1) is 17.3. The smallest absolute Gasteiger partial charge is 0.264 e. The van der Waals surface area contributed by atoms with E-state index in [4.69, 9.17) is 15.2 Å². The fraction of sp³-hybridized carbons (Fsp3) is 0.409. The van der Waals surface area contributed by atoms with Gasteiger partial charge in [-0.2, -0.15) is 0 Å². The van der Waals surface area contributed by atoms with E-state index in [2.05, 4.69) is 32.1 Å². The molecule has 1 aliphatic rings. The lowest BCUT2D eigenvalue weighted by Gasteiger charge is -2.18. The topological polar surface area (TPSA) is 178 Å². The SMILES string of the molecule is CNC(=O)[C@H]1O[C@@H](n2cnc3c(N)nc(C#CCN(CCOC)C(=O)c4cccs4)nc32)[C@H](O)C1O. The first-order valence-electron chi connectivity index (χ1n) is 10.9. The third-order valence-electron chi connectivity index (χ3n) is 5.52. The van der Waals surface area contributed by atoms with Crippen LogP contribution in [0.25, 0.3) is 11.2 Å². The molecular weight excluding hydrogens is 490 g/mol. The summed E-state index contributed by atoms with van der Waals surface area (Å²) in [5, 5.41) is 25.0. The lowest BCUT2D eigenvalue weighted by atomic mass is 10.1. The summed E-state index contributed by atoms with van der Waals surface area (Å²) in [4.78, 5) is 39.6. The highest BCUT2D eigenvalue weighted by molar-refractivity contribution is 7.12. The lowest BCUT2D eigenvalue weighted by Crippen LogP contribution is -2.41. The Hall–Kier alpha value is -3.61. The molecule has 190 valence electrons. The number of anilines is 1. The van der Waals surface area contributed by atoms with Gasteiger partial charge in [-0.05, 0) is 17.4 Å².